The van der Waals surface area contributed by atoms with Crippen LogP contribution in [0.3, 0.4) is 0 Å². The number of halogens is 1. The van der Waals surface area contributed by atoms with Crippen LogP contribution in [0.1, 0.15) is 34.5 Å². The Bertz CT molecular complexity index is 1100. The Morgan fingerprint density at radius 3 is 2.77 bits per heavy atom. The van der Waals surface area contributed by atoms with E-state index in [2.05, 4.69) is 29.8 Å². The van der Waals surface area contributed by atoms with E-state index in [0.29, 0.717) is 17.5 Å². The highest BCUT2D eigenvalue weighted by Crippen LogP contribution is 2.34. The number of carboxylic acids is 1. The van der Waals surface area contributed by atoms with Gasteiger partial charge < -0.3 is 14.4 Å². The zero-order valence-corrected chi connectivity index (χ0v) is 18.7. The number of carbonyl (C=O) groups is 1. The lowest BCUT2D eigenvalue weighted by atomic mass is 9.95. The molecule has 3 aromatic rings. The number of carboxylic acid groups (broad SMARTS) is 1. The van der Waals surface area contributed by atoms with E-state index in [4.69, 9.17) is 4.74 Å². The molecule has 0 unspecified atom stereocenters. The van der Waals surface area contributed by atoms with Gasteiger partial charge in [0.25, 0.3) is 0 Å². The molecule has 0 spiro atoms. The molecule has 0 aliphatic heterocycles. The second-order valence-electron chi connectivity index (χ2n) is 9.24. The van der Waals surface area contributed by atoms with E-state index in [1.54, 1.807) is 0 Å². The summed E-state index contributed by atoms with van der Waals surface area (Å²) >= 11 is 0. The van der Waals surface area contributed by atoms with Gasteiger partial charge in [-0.15, -0.1) is 0 Å². The standard InChI is InChI=1S/C22H28FN3O3Si/c1-30(2,3)9-8-29-13-26-19-12-16(22(27)28)17(23)10-14(19)11-20(26)21-15-6-4-5-7-18(15)24-25-21/h10-12H,4-9,13H2,1-3H3,(H,24,25)(H,27,28). The molecule has 160 valence electrons. The Balaban J connectivity index is 1.78. The third-order valence-corrected chi connectivity index (χ3v) is 7.44. The van der Waals surface area contributed by atoms with Crippen LogP contribution < -0.4 is 0 Å². The van der Waals surface area contributed by atoms with Crippen LogP contribution in [0.4, 0.5) is 4.39 Å². The first kappa shape index (κ1) is 20.8. The molecule has 1 aliphatic carbocycles. The quantitative estimate of drug-likeness (QED) is 0.406. The van der Waals surface area contributed by atoms with Crippen molar-refractivity contribution in [2.75, 3.05) is 6.61 Å². The van der Waals surface area contributed by atoms with E-state index in [9.17, 15) is 14.3 Å². The minimum atomic E-state index is -1.28. The molecule has 0 amide bonds. The third kappa shape index (κ3) is 4.06. The Kier molecular flexibility index (Phi) is 5.55. The zero-order valence-electron chi connectivity index (χ0n) is 17.7. The summed E-state index contributed by atoms with van der Waals surface area (Å²) in [5.74, 6) is -2.01. The Hall–Kier alpha value is -2.45. The Morgan fingerprint density at radius 1 is 1.27 bits per heavy atom. The number of fused-ring (bicyclic) bond motifs is 2. The summed E-state index contributed by atoms with van der Waals surface area (Å²) in [5, 5.41) is 17.7. The third-order valence-electron chi connectivity index (χ3n) is 5.74. The molecule has 6 nitrogen and oxygen atoms in total. The van der Waals surface area contributed by atoms with E-state index in [0.717, 1.165) is 48.8 Å². The van der Waals surface area contributed by atoms with Crippen LogP contribution in [0.2, 0.25) is 25.7 Å². The Morgan fingerprint density at radius 2 is 2.03 bits per heavy atom. The van der Waals surface area contributed by atoms with Gasteiger partial charge in [0, 0.05) is 31.3 Å². The van der Waals surface area contributed by atoms with Crippen molar-refractivity contribution in [1.82, 2.24) is 14.8 Å². The van der Waals surface area contributed by atoms with Crippen LogP contribution in [-0.4, -0.2) is 40.5 Å². The largest absolute Gasteiger partial charge is 0.478 e. The molecule has 0 radical (unpaired) electrons. The molecule has 2 N–H and O–H groups in total. The van der Waals surface area contributed by atoms with Gasteiger partial charge in [0.2, 0.25) is 0 Å². The summed E-state index contributed by atoms with van der Waals surface area (Å²) in [6.45, 7) is 7.80. The van der Waals surface area contributed by atoms with Crippen molar-refractivity contribution >= 4 is 24.9 Å². The number of hydrogen-bond acceptors (Lipinski definition) is 3. The average molecular weight is 430 g/mol. The number of nitrogens with zero attached hydrogens (tertiary/aromatic N) is 2. The molecule has 0 fully saturated rings. The van der Waals surface area contributed by atoms with Crippen LogP contribution in [0.25, 0.3) is 22.3 Å². The molecule has 30 heavy (non-hydrogen) atoms. The number of hydrogen-bond donors (Lipinski definition) is 2. The number of rotatable bonds is 7. The molecule has 1 aromatic carbocycles. The molecule has 0 bridgehead atoms. The number of H-pyrrole nitrogens is 1. The van der Waals surface area contributed by atoms with Crippen molar-refractivity contribution in [2.24, 2.45) is 0 Å². The van der Waals surface area contributed by atoms with E-state index in [-0.39, 0.29) is 12.3 Å². The van der Waals surface area contributed by atoms with Crippen LogP contribution >= 0.6 is 0 Å². The molecule has 1 aliphatic rings. The lowest BCUT2D eigenvalue weighted by Gasteiger charge is -2.17. The smallest absolute Gasteiger partial charge is 0.338 e. The fourth-order valence-corrected chi connectivity index (χ4v) is 4.76. The number of aromatic carboxylic acids is 1. The summed E-state index contributed by atoms with van der Waals surface area (Å²) in [6.07, 6.45) is 4.19. The molecule has 0 atom stereocenters. The van der Waals surface area contributed by atoms with Crippen molar-refractivity contribution in [3.63, 3.8) is 0 Å². The van der Waals surface area contributed by atoms with E-state index >= 15 is 0 Å². The summed E-state index contributed by atoms with van der Waals surface area (Å²) < 4.78 is 22.2. The maximum atomic E-state index is 14.3. The highest BCUT2D eigenvalue weighted by molar-refractivity contribution is 6.76. The van der Waals surface area contributed by atoms with Gasteiger partial charge in [-0.2, -0.15) is 5.10 Å². The lowest BCUT2D eigenvalue weighted by molar-refractivity contribution is 0.0691. The van der Waals surface area contributed by atoms with Crippen molar-refractivity contribution in [1.29, 1.82) is 0 Å². The van der Waals surface area contributed by atoms with Crippen molar-refractivity contribution in [3.8, 4) is 11.4 Å². The van der Waals surface area contributed by atoms with Gasteiger partial charge in [0.05, 0.1) is 16.8 Å². The highest BCUT2D eigenvalue weighted by Gasteiger charge is 2.23. The van der Waals surface area contributed by atoms with Crippen LogP contribution in [0.15, 0.2) is 18.2 Å². The number of benzene rings is 1. The Labute approximate surface area is 176 Å². The molecule has 0 saturated heterocycles. The average Bonchev–Trinajstić information content (AvgIpc) is 3.24. The van der Waals surface area contributed by atoms with E-state index in [1.165, 1.54) is 17.7 Å². The predicted molar refractivity (Wildman–Crippen MR) is 117 cm³/mol. The second-order valence-corrected chi connectivity index (χ2v) is 14.9. The maximum Gasteiger partial charge on any atom is 0.338 e. The molecule has 4 rings (SSSR count). The summed E-state index contributed by atoms with van der Waals surface area (Å²) in [6, 6.07) is 5.61. The molecule has 0 saturated carbocycles. The summed E-state index contributed by atoms with van der Waals surface area (Å²) in [7, 11) is -1.23. The monoisotopic (exact) mass is 429 g/mol. The van der Waals surface area contributed by atoms with E-state index in [1.807, 2.05) is 10.6 Å². The molecular weight excluding hydrogens is 401 g/mol. The number of nitrogens with one attached hydrogen (secondary N) is 1. The first-order valence-corrected chi connectivity index (χ1v) is 14.2. The fraction of sp³-hybridized carbons (Fsp3) is 0.455. The molecule has 2 aromatic heterocycles. The summed E-state index contributed by atoms with van der Waals surface area (Å²) in [5.41, 5.74) is 4.35. The van der Waals surface area contributed by atoms with Gasteiger partial charge in [-0.25, -0.2) is 9.18 Å². The summed E-state index contributed by atoms with van der Waals surface area (Å²) in [4.78, 5) is 11.5. The highest BCUT2D eigenvalue weighted by atomic mass is 28.3. The molecule has 8 heteroatoms. The van der Waals surface area contributed by atoms with Crippen molar-refractivity contribution < 1.29 is 19.0 Å². The van der Waals surface area contributed by atoms with E-state index < -0.39 is 19.9 Å². The molecule has 2 heterocycles. The zero-order chi connectivity index (χ0) is 21.5. The van der Waals surface area contributed by atoms with Crippen LogP contribution in [0.5, 0.6) is 0 Å². The van der Waals surface area contributed by atoms with Gasteiger partial charge >= 0.3 is 5.97 Å². The van der Waals surface area contributed by atoms with Crippen LogP contribution in [0, 0.1) is 5.82 Å². The van der Waals surface area contributed by atoms with Gasteiger partial charge in [-0.3, -0.25) is 5.10 Å². The number of aryl methyl sites for hydroxylation is 1. The lowest BCUT2D eigenvalue weighted by Crippen LogP contribution is -2.22. The first-order chi connectivity index (χ1) is 14.2. The number of aromatic nitrogens is 3. The second kappa shape index (κ2) is 8.00. The van der Waals surface area contributed by atoms with Crippen LogP contribution in [-0.2, 0) is 24.3 Å². The van der Waals surface area contributed by atoms with Gasteiger partial charge in [0.1, 0.15) is 18.2 Å². The first-order valence-electron chi connectivity index (χ1n) is 10.4. The van der Waals surface area contributed by atoms with Gasteiger partial charge in [0.15, 0.2) is 0 Å². The van der Waals surface area contributed by atoms with Gasteiger partial charge in [-0.1, -0.05) is 19.6 Å². The van der Waals surface area contributed by atoms with Crippen molar-refractivity contribution in [2.45, 2.75) is 58.1 Å². The van der Waals surface area contributed by atoms with Crippen molar-refractivity contribution in [3.05, 3.63) is 40.8 Å². The number of ether oxygens (including phenoxy) is 1. The topological polar surface area (TPSA) is 80.1 Å². The normalized spacial score (nSPS) is 14.3. The minimum absolute atomic E-state index is 0.273. The maximum absolute atomic E-state index is 14.3. The number of aromatic amines is 1. The SMILES string of the molecule is C[Si](C)(C)CCOCn1c(-c2n[nH]c3c2CCCC3)cc2cc(F)c(C(=O)O)cc21. The van der Waals surface area contributed by atoms with Gasteiger partial charge in [-0.05, 0) is 49.9 Å². The minimum Gasteiger partial charge on any atom is -0.478 e. The fourth-order valence-electron chi connectivity index (χ4n) is 4.01. The molecular formula is C22H28FN3O3Si. The predicted octanol–water partition coefficient (Wildman–Crippen LogP) is 5.06.